The quantitative estimate of drug-likeness (QED) is 0.404. The maximum absolute atomic E-state index is 13.2. The number of aromatic amines is 1. The van der Waals surface area contributed by atoms with Crippen LogP contribution in [-0.2, 0) is 13.0 Å². The first-order valence-electron chi connectivity index (χ1n) is 11.0. The Morgan fingerprint density at radius 3 is 2.41 bits per heavy atom. The first-order chi connectivity index (χ1) is 15.5. The second kappa shape index (κ2) is 9.53. The standard InChI is InChI=1S/C24H27ClN6O/c1-4-8-21-22(25)31(16(3)5-2)24(32)30(21)15-17-11-13-18(14-12-17)19-9-6-7-10-20(19)23-26-28-29-27-23/h6-7,9-14,16H,4-5,8,15H2,1-3H3,(H,26,27,28,29). The van der Waals surface area contributed by atoms with Crippen molar-refractivity contribution in [3.63, 3.8) is 0 Å². The average molecular weight is 451 g/mol. The van der Waals surface area contributed by atoms with Crippen molar-refractivity contribution in [3.8, 4) is 22.5 Å². The number of nitrogens with one attached hydrogen (secondary N) is 1. The van der Waals surface area contributed by atoms with Gasteiger partial charge in [-0.25, -0.2) is 9.89 Å². The molecule has 1 N–H and O–H groups in total. The van der Waals surface area contributed by atoms with Gasteiger partial charge in [-0.15, -0.1) is 5.10 Å². The molecule has 0 bridgehead atoms. The number of hydrogen-bond donors (Lipinski definition) is 1. The fraction of sp³-hybridized carbons (Fsp3) is 0.333. The number of H-pyrrole nitrogens is 1. The third kappa shape index (κ3) is 4.12. The summed E-state index contributed by atoms with van der Waals surface area (Å²) < 4.78 is 3.55. The Morgan fingerprint density at radius 1 is 1.06 bits per heavy atom. The number of benzene rings is 2. The molecule has 32 heavy (non-hydrogen) atoms. The third-order valence-electron chi connectivity index (χ3n) is 5.86. The van der Waals surface area contributed by atoms with Crippen molar-refractivity contribution in [1.29, 1.82) is 0 Å². The summed E-state index contributed by atoms with van der Waals surface area (Å²) >= 11 is 6.65. The van der Waals surface area contributed by atoms with E-state index < -0.39 is 0 Å². The molecule has 0 fully saturated rings. The van der Waals surface area contributed by atoms with Gasteiger partial charge in [-0.05, 0) is 46.9 Å². The van der Waals surface area contributed by atoms with E-state index in [1.54, 1.807) is 4.57 Å². The second-order valence-electron chi connectivity index (χ2n) is 7.98. The van der Waals surface area contributed by atoms with Crippen LogP contribution in [0.25, 0.3) is 22.5 Å². The highest BCUT2D eigenvalue weighted by Crippen LogP contribution is 2.30. The molecule has 0 saturated carbocycles. The smallest absolute Gasteiger partial charge is 0.290 e. The van der Waals surface area contributed by atoms with Gasteiger partial charge in [0.2, 0.25) is 0 Å². The number of hydrogen-bond acceptors (Lipinski definition) is 4. The molecule has 7 nitrogen and oxygen atoms in total. The van der Waals surface area contributed by atoms with E-state index in [9.17, 15) is 4.79 Å². The Morgan fingerprint density at radius 2 is 1.78 bits per heavy atom. The predicted molar refractivity (Wildman–Crippen MR) is 127 cm³/mol. The third-order valence-corrected chi connectivity index (χ3v) is 6.26. The molecule has 8 heteroatoms. The van der Waals surface area contributed by atoms with E-state index in [1.807, 2.05) is 35.8 Å². The molecule has 2 aromatic heterocycles. The van der Waals surface area contributed by atoms with Gasteiger partial charge in [-0.3, -0.25) is 9.13 Å². The monoisotopic (exact) mass is 450 g/mol. The van der Waals surface area contributed by atoms with E-state index in [0.717, 1.165) is 47.2 Å². The Hall–Kier alpha value is -3.19. The largest absolute Gasteiger partial charge is 0.330 e. The van der Waals surface area contributed by atoms with Crippen molar-refractivity contribution in [2.75, 3.05) is 0 Å². The Balaban J connectivity index is 1.67. The first kappa shape index (κ1) is 22.0. The summed E-state index contributed by atoms with van der Waals surface area (Å²) in [5.74, 6) is 0.626. The summed E-state index contributed by atoms with van der Waals surface area (Å²) in [4.78, 5) is 13.2. The summed E-state index contributed by atoms with van der Waals surface area (Å²) in [6.07, 6.45) is 2.55. The fourth-order valence-electron chi connectivity index (χ4n) is 3.97. The van der Waals surface area contributed by atoms with Crippen LogP contribution in [0.2, 0.25) is 5.15 Å². The van der Waals surface area contributed by atoms with Crippen molar-refractivity contribution in [3.05, 3.63) is 75.4 Å². The van der Waals surface area contributed by atoms with E-state index in [2.05, 4.69) is 58.7 Å². The number of tetrazole rings is 1. The lowest BCUT2D eigenvalue weighted by molar-refractivity contribution is 0.505. The summed E-state index contributed by atoms with van der Waals surface area (Å²) in [5, 5.41) is 14.8. The maximum Gasteiger partial charge on any atom is 0.330 e. The Labute approximate surface area is 192 Å². The summed E-state index contributed by atoms with van der Waals surface area (Å²) in [7, 11) is 0. The highest BCUT2D eigenvalue weighted by molar-refractivity contribution is 6.30. The van der Waals surface area contributed by atoms with Crippen molar-refractivity contribution in [1.82, 2.24) is 29.8 Å². The molecular weight excluding hydrogens is 424 g/mol. The number of aromatic nitrogens is 6. The molecular formula is C24H27ClN6O. The van der Waals surface area contributed by atoms with Crippen LogP contribution in [0.1, 0.15) is 50.9 Å². The highest BCUT2D eigenvalue weighted by Gasteiger charge is 2.21. The van der Waals surface area contributed by atoms with Gasteiger partial charge in [0.05, 0.1) is 12.2 Å². The average Bonchev–Trinajstić information content (AvgIpc) is 3.43. The van der Waals surface area contributed by atoms with Gasteiger partial charge in [0.15, 0.2) is 5.82 Å². The van der Waals surface area contributed by atoms with Crippen LogP contribution in [0.5, 0.6) is 0 Å². The van der Waals surface area contributed by atoms with Crippen molar-refractivity contribution >= 4 is 11.6 Å². The molecule has 0 amide bonds. The molecule has 4 aromatic rings. The van der Waals surface area contributed by atoms with Crippen molar-refractivity contribution < 1.29 is 0 Å². The Kier molecular flexibility index (Phi) is 6.55. The summed E-state index contributed by atoms with van der Waals surface area (Å²) in [5.41, 5.74) is 4.94. The molecule has 0 spiro atoms. The number of imidazole rings is 1. The minimum atomic E-state index is -0.0416. The van der Waals surface area contributed by atoms with Gasteiger partial charge in [-0.2, -0.15) is 0 Å². The van der Waals surface area contributed by atoms with Crippen LogP contribution in [-0.4, -0.2) is 29.8 Å². The van der Waals surface area contributed by atoms with Gasteiger partial charge in [0.25, 0.3) is 0 Å². The maximum atomic E-state index is 13.2. The number of rotatable bonds is 8. The second-order valence-corrected chi connectivity index (χ2v) is 8.33. The van der Waals surface area contributed by atoms with Gasteiger partial charge in [0.1, 0.15) is 5.15 Å². The zero-order valence-electron chi connectivity index (χ0n) is 18.5. The van der Waals surface area contributed by atoms with Crippen LogP contribution in [0.3, 0.4) is 0 Å². The summed E-state index contributed by atoms with van der Waals surface area (Å²) in [6.45, 7) is 6.69. The molecule has 0 aliphatic carbocycles. The number of halogens is 1. The van der Waals surface area contributed by atoms with Crippen molar-refractivity contribution in [2.24, 2.45) is 0 Å². The molecule has 4 rings (SSSR count). The van der Waals surface area contributed by atoms with Crippen LogP contribution >= 0.6 is 11.6 Å². The Bertz CT molecular complexity index is 1240. The van der Waals surface area contributed by atoms with E-state index in [4.69, 9.17) is 11.6 Å². The van der Waals surface area contributed by atoms with E-state index in [-0.39, 0.29) is 11.7 Å². The van der Waals surface area contributed by atoms with Crippen LogP contribution in [0.4, 0.5) is 0 Å². The molecule has 2 heterocycles. The molecule has 0 saturated heterocycles. The zero-order valence-corrected chi connectivity index (χ0v) is 19.3. The van der Waals surface area contributed by atoms with Gasteiger partial charge >= 0.3 is 5.69 Å². The van der Waals surface area contributed by atoms with Crippen molar-refractivity contribution in [2.45, 2.75) is 52.6 Å². The lowest BCUT2D eigenvalue weighted by Gasteiger charge is -2.10. The molecule has 1 unspecified atom stereocenters. The number of nitrogens with zero attached hydrogens (tertiary/aromatic N) is 5. The lowest BCUT2D eigenvalue weighted by atomic mass is 9.98. The predicted octanol–water partition coefficient (Wildman–Crippen LogP) is 5.12. The molecule has 2 aromatic carbocycles. The van der Waals surface area contributed by atoms with Gasteiger partial charge in [-0.1, -0.05) is 80.4 Å². The first-order valence-corrected chi connectivity index (χ1v) is 11.3. The van der Waals surface area contributed by atoms with E-state index >= 15 is 0 Å². The highest BCUT2D eigenvalue weighted by atomic mass is 35.5. The van der Waals surface area contributed by atoms with E-state index in [0.29, 0.717) is 17.5 Å². The normalized spacial score (nSPS) is 12.2. The molecule has 166 valence electrons. The molecule has 0 radical (unpaired) electrons. The van der Waals surface area contributed by atoms with Gasteiger partial charge in [0, 0.05) is 11.6 Å². The zero-order chi connectivity index (χ0) is 22.7. The topological polar surface area (TPSA) is 81.4 Å². The van der Waals surface area contributed by atoms with Gasteiger partial charge < -0.3 is 0 Å². The molecule has 1 atom stereocenters. The minimum absolute atomic E-state index is 0.0416. The minimum Gasteiger partial charge on any atom is -0.290 e. The summed E-state index contributed by atoms with van der Waals surface area (Å²) in [6, 6.07) is 16.3. The molecule has 0 aliphatic heterocycles. The SMILES string of the molecule is CCCc1c(Cl)n(C(C)CC)c(=O)n1Cc1ccc(-c2ccccc2-c2nnn[nH]2)cc1. The van der Waals surface area contributed by atoms with Crippen LogP contribution in [0.15, 0.2) is 53.3 Å². The van der Waals surface area contributed by atoms with Crippen LogP contribution in [0, 0.1) is 0 Å². The van der Waals surface area contributed by atoms with E-state index in [1.165, 1.54) is 0 Å². The molecule has 0 aliphatic rings. The van der Waals surface area contributed by atoms with Crippen LogP contribution < -0.4 is 5.69 Å². The fourth-order valence-corrected chi connectivity index (χ4v) is 4.40. The lowest BCUT2D eigenvalue weighted by Crippen LogP contribution is -2.27.